The molecule has 0 unspecified atom stereocenters. The molecule has 0 aliphatic heterocycles. The highest BCUT2D eigenvalue weighted by molar-refractivity contribution is 5.90. The van der Waals surface area contributed by atoms with Crippen LogP contribution in [0, 0.1) is 11.8 Å². The van der Waals surface area contributed by atoms with Crippen LogP contribution in [0.5, 0.6) is 0 Å². The monoisotopic (exact) mass is 269 g/mol. The number of unbranched alkanes of at least 4 members (excludes halogenated alkanes) is 3. The van der Waals surface area contributed by atoms with Crippen molar-refractivity contribution in [2.24, 2.45) is 0 Å². The first-order valence-electron chi connectivity index (χ1n) is 7.00. The van der Waals surface area contributed by atoms with E-state index in [0.717, 1.165) is 18.2 Å². The first-order chi connectivity index (χ1) is 9.83. The lowest BCUT2D eigenvalue weighted by molar-refractivity contribution is 0.737. The van der Waals surface area contributed by atoms with Gasteiger partial charge >= 0.3 is 0 Å². The van der Waals surface area contributed by atoms with Gasteiger partial charge in [0.2, 0.25) is 0 Å². The smallest absolute Gasteiger partial charge is 0.272 e. The summed E-state index contributed by atoms with van der Waals surface area (Å²) >= 11 is 0. The van der Waals surface area contributed by atoms with Crippen molar-refractivity contribution in [2.45, 2.75) is 32.6 Å². The van der Waals surface area contributed by atoms with Gasteiger partial charge in [-0.05, 0) is 12.5 Å². The topological polar surface area (TPSA) is 57.8 Å². The molecule has 4 nitrogen and oxygen atoms in total. The van der Waals surface area contributed by atoms with Crippen LogP contribution in [-0.2, 0) is 0 Å². The average molecular weight is 269 g/mol. The maximum Gasteiger partial charge on any atom is 0.272 e. The molecule has 0 aliphatic rings. The first-order valence-corrected chi connectivity index (χ1v) is 7.00. The molecule has 1 heterocycles. The minimum atomic E-state index is -0.170. The summed E-state index contributed by atoms with van der Waals surface area (Å²) in [4.78, 5) is 11.6. The summed E-state index contributed by atoms with van der Waals surface area (Å²) in [6.07, 6.45) is 4.54. The van der Waals surface area contributed by atoms with Crippen LogP contribution >= 0.6 is 0 Å². The van der Waals surface area contributed by atoms with Gasteiger partial charge in [-0.3, -0.25) is 4.79 Å². The Labute approximate surface area is 118 Å². The Morgan fingerprint density at radius 3 is 2.80 bits per heavy atom. The summed E-state index contributed by atoms with van der Waals surface area (Å²) in [7, 11) is 0. The first kappa shape index (κ1) is 14.1. The Hall–Kier alpha value is -2.28. The maximum atomic E-state index is 11.6. The number of benzene rings is 1. The molecule has 104 valence electrons. The van der Waals surface area contributed by atoms with Crippen LogP contribution in [0.1, 0.15) is 32.6 Å². The van der Waals surface area contributed by atoms with E-state index >= 15 is 0 Å². The van der Waals surface area contributed by atoms with Crippen LogP contribution in [0.15, 0.2) is 29.1 Å². The van der Waals surface area contributed by atoms with Crippen molar-refractivity contribution < 1.29 is 0 Å². The van der Waals surface area contributed by atoms with Gasteiger partial charge in [-0.25, -0.2) is 5.10 Å². The fraction of sp³-hybridized carbons (Fsp3) is 0.375. The van der Waals surface area contributed by atoms with Crippen molar-refractivity contribution >= 4 is 16.6 Å². The Bertz CT molecular complexity index is 679. The largest absolute Gasteiger partial charge is 0.357 e. The van der Waals surface area contributed by atoms with Gasteiger partial charge in [-0.15, -0.1) is 5.92 Å². The second kappa shape index (κ2) is 7.34. The van der Waals surface area contributed by atoms with E-state index in [9.17, 15) is 4.79 Å². The highest BCUT2D eigenvalue weighted by Crippen LogP contribution is 2.16. The zero-order valence-corrected chi connectivity index (χ0v) is 11.7. The molecule has 2 N–H and O–H groups in total. The van der Waals surface area contributed by atoms with Crippen LogP contribution in [0.25, 0.3) is 10.8 Å². The Morgan fingerprint density at radius 1 is 1.20 bits per heavy atom. The summed E-state index contributed by atoms with van der Waals surface area (Å²) in [6.45, 7) is 2.72. The molecule has 2 aromatic rings. The molecular weight excluding hydrogens is 250 g/mol. The predicted molar refractivity (Wildman–Crippen MR) is 82.8 cm³/mol. The summed E-state index contributed by atoms with van der Waals surface area (Å²) in [5.41, 5.74) is -0.170. The third-order valence-electron chi connectivity index (χ3n) is 3.07. The number of H-pyrrole nitrogens is 1. The second-order valence-electron chi connectivity index (χ2n) is 4.61. The van der Waals surface area contributed by atoms with E-state index in [1.54, 1.807) is 6.07 Å². The van der Waals surface area contributed by atoms with E-state index in [1.165, 1.54) is 12.8 Å². The Morgan fingerprint density at radius 2 is 2.00 bits per heavy atom. The van der Waals surface area contributed by atoms with Crippen LogP contribution < -0.4 is 10.9 Å². The molecule has 4 heteroatoms. The van der Waals surface area contributed by atoms with Crippen molar-refractivity contribution in [3.63, 3.8) is 0 Å². The molecule has 0 atom stereocenters. The molecule has 0 saturated heterocycles. The number of rotatable bonds is 5. The van der Waals surface area contributed by atoms with Crippen LogP contribution in [-0.4, -0.2) is 16.7 Å². The molecule has 1 aromatic heterocycles. The van der Waals surface area contributed by atoms with Crippen LogP contribution in [0.3, 0.4) is 0 Å². The minimum absolute atomic E-state index is 0.170. The second-order valence-corrected chi connectivity index (χ2v) is 4.61. The fourth-order valence-corrected chi connectivity index (χ4v) is 1.99. The SMILES string of the molecule is CCCCCC#CCNc1n[nH]c(=O)c2ccccc12. The third-order valence-corrected chi connectivity index (χ3v) is 3.07. The van der Waals surface area contributed by atoms with Crippen molar-refractivity contribution in [1.29, 1.82) is 0 Å². The molecule has 0 fully saturated rings. The van der Waals surface area contributed by atoms with Gasteiger partial charge in [0.25, 0.3) is 5.56 Å². The van der Waals surface area contributed by atoms with Crippen molar-refractivity contribution in [1.82, 2.24) is 10.2 Å². The molecule has 0 radical (unpaired) electrons. The number of anilines is 1. The number of aromatic amines is 1. The normalized spacial score (nSPS) is 10.1. The van der Waals surface area contributed by atoms with Gasteiger partial charge in [0, 0.05) is 11.8 Å². The van der Waals surface area contributed by atoms with E-state index in [0.29, 0.717) is 17.7 Å². The van der Waals surface area contributed by atoms with Gasteiger partial charge in [0.05, 0.1) is 11.9 Å². The van der Waals surface area contributed by atoms with Crippen molar-refractivity contribution in [3.05, 3.63) is 34.6 Å². The number of hydrogen-bond acceptors (Lipinski definition) is 3. The number of nitrogens with one attached hydrogen (secondary N) is 2. The lowest BCUT2D eigenvalue weighted by Crippen LogP contribution is -2.12. The zero-order chi connectivity index (χ0) is 14.2. The Kier molecular flexibility index (Phi) is 5.19. The lowest BCUT2D eigenvalue weighted by Gasteiger charge is -2.04. The number of hydrogen-bond donors (Lipinski definition) is 2. The Balaban J connectivity index is 2.00. The van der Waals surface area contributed by atoms with E-state index < -0.39 is 0 Å². The number of nitrogens with zero attached hydrogens (tertiary/aromatic N) is 1. The van der Waals surface area contributed by atoms with Crippen LogP contribution in [0.4, 0.5) is 5.82 Å². The summed E-state index contributed by atoms with van der Waals surface area (Å²) in [5.74, 6) is 6.89. The molecule has 2 rings (SSSR count). The van der Waals surface area contributed by atoms with Gasteiger partial charge in [-0.1, -0.05) is 43.9 Å². The molecule has 1 aromatic carbocycles. The lowest BCUT2D eigenvalue weighted by atomic mass is 10.2. The fourth-order valence-electron chi connectivity index (χ4n) is 1.99. The highest BCUT2D eigenvalue weighted by Gasteiger charge is 2.03. The molecule has 0 saturated carbocycles. The summed E-state index contributed by atoms with van der Waals surface area (Å²) in [5, 5.41) is 11.1. The van der Waals surface area contributed by atoms with Crippen molar-refractivity contribution in [3.8, 4) is 11.8 Å². The highest BCUT2D eigenvalue weighted by atomic mass is 16.1. The van der Waals surface area contributed by atoms with Crippen molar-refractivity contribution in [2.75, 3.05) is 11.9 Å². The molecule has 0 amide bonds. The maximum absolute atomic E-state index is 11.6. The van der Waals surface area contributed by atoms with Gasteiger partial charge < -0.3 is 5.32 Å². The summed E-state index contributed by atoms with van der Waals surface area (Å²) < 4.78 is 0. The van der Waals surface area contributed by atoms with E-state index in [-0.39, 0.29) is 5.56 Å². The van der Waals surface area contributed by atoms with E-state index in [1.807, 2.05) is 18.2 Å². The summed E-state index contributed by atoms with van der Waals surface area (Å²) in [6, 6.07) is 7.41. The number of fused-ring (bicyclic) bond motifs is 1. The average Bonchev–Trinajstić information content (AvgIpc) is 2.49. The minimum Gasteiger partial charge on any atom is -0.357 e. The quantitative estimate of drug-likeness (QED) is 0.648. The van der Waals surface area contributed by atoms with Gasteiger partial charge in [0.1, 0.15) is 0 Å². The predicted octanol–water partition coefficient (Wildman–Crippen LogP) is 2.92. The molecule has 0 bridgehead atoms. The standard InChI is InChI=1S/C16H19N3O/c1-2-3-4-5-6-9-12-17-15-13-10-7-8-11-14(13)16(20)19-18-15/h7-8,10-11H,2-5,12H2,1H3,(H,17,18)(H,19,20). The molecule has 0 aliphatic carbocycles. The zero-order valence-electron chi connectivity index (χ0n) is 11.7. The molecular formula is C16H19N3O. The van der Waals surface area contributed by atoms with Gasteiger partial charge in [-0.2, -0.15) is 5.10 Å². The van der Waals surface area contributed by atoms with Gasteiger partial charge in [0.15, 0.2) is 5.82 Å². The molecule has 20 heavy (non-hydrogen) atoms. The van der Waals surface area contributed by atoms with E-state index in [2.05, 4.69) is 34.3 Å². The van der Waals surface area contributed by atoms with E-state index in [4.69, 9.17) is 0 Å². The molecule has 0 spiro atoms. The third kappa shape index (κ3) is 3.61. The number of aromatic nitrogens is 2. The van der Waals surface area contributed by atoms with Crippen LogP contribution in [0.2, 0.25) is 0 Å².